The minimum atomic E-state index is -1.03. The van der Waals surface area contributed by atoms with Gasteiger partial charge in [0.2, 0.25) is 0 Å². The zero-order valence-electron chi connectivity index (χ0n) is 18.6. The predicted octanol–water partition coefficient (Wildman–Crippen LogP) is -2.35. The smallest absolute Gasteiger partial charge is 0.480 e. The van der Waals surface area contributed by atoms with Crippen molar-refractivity contribution >= 4 is 23.9 Å². The second-order valence-electron chi connectivity index (χ2n) is 7.83. The molecule has 0 aromatic heterocycles. The molecule has 0 aliphatic carbocycles. The Bertz CT molecular complexity index is 609. The van der Waals surface area contributed by atoms with Gasteiger partial charge < -0.3 is 26.2 Å². The molecule has 1 rings (SSSR count). The molecule has 1 unspecified atom stereocenters. The molecule has 0 bridgehead atoms. The van der Waals surface area contributed by atoms with Gasteiger partial charge in [-0.3, -0.25) is 38.8 Å². The quantitative estimate of drug-likeness (QED) is 0.166. The van der Waals surface area contributed by atoms with Crippen LogP contribution in [0.1, 0.15) is 12.8 Å². The number of rotatable bonds is 11. The van der Waals surface area contributed by atoms with E-state index in [-0.39, 0.29) is 112 Å². The molecule has 1 saturated heterocycles. The predicted molar refractivity (Wildman–Crippen MR) is 114 cm³/mol. The minimum absolute atomic E-state index is 0. The molecule has 13 nitrogen and oxygen atoms in total. The van der Waals surface area contributed by atoms with E-state index >= 15 is 0 Å². The molecule has 0 saturated carbocycles. The fraction of sp³-hybridized carbons (Fsp3) is 0.789. The van der Waals surface area contributed by atoms with E-state index in [1.807, 2.05) is 0 Å². The third-order valence-electron chi connectivity index (χ3n) is 5.36. The number of carboxylic acid groups (broad SMARTS) is 4. The second kappa shape index (κ2) is 17.4. The molecule has 0 aromatic rings. The summed E-state index contributed by atoms with van der Waals surface area (Å²) in [6, 6.07) is -0.816. The van der Waals surface area contributed by atoms with Crippen LogP contribution >= 0.6 is 0 Å². The van der Waals surface area contributed by atoms with Crippen molar-refractivity contribution in [3.63, 3.8) is 0 Å². The van der Waals surface area contributed by atoms with Crippen molar-refractivity contribution in [3.05, 3.63) is 0 Å². The molecule has 1 radical (unpaired) electrons. The monoisotopic (exact) mass is 619 g/mol. The van der Waals surface area contributed by atoms with Gasteiger partial charge in [0.15, 0.2) is 0 Å². The fourth-order valence-corrected chi connectivity index (χ4v) is 3.69. The summed E-state index contributed by atoms with van der Waals surface area (Å²) >= 11 is 0. The summed E-state index contributed by atoms with van der Waals surface area (Å²) in [7, 11) is 0. The molecule has 0 aromatic carbocycles. The van der Waals surface area contributed by atoms with E-state index in [2.05, 4.69) is 0 Å². The third kappa shape index (κ3) is 14.1. The van der Waals surface area contributed by atoms with E-state index in [1.165, 1.54) is 0 Å². The van der Waals surface area contributed by atoms with Crippen molar-refractivity contribution in [1.82, 2.24) is 19.6 Å². The maximum absolute atomic E-state index is 11.9. The Morgan fingerprint density at radius 3 is 1.27 bits per heavy atom. The first kappa shape index (κ1) is 32.0. The van der Waals surface area contributed by atoms with Crippen molar-refractivity contribution in [1.29, 1.82) is 0 Å². The normalized spacial score (nSPS) is 18.9. The molecule has 0 amide bonds. The van der Waals surface area contributed by atoms with Gasteiger partial charge in [-0.2, -0.15) is 0 Å². The van der Waals surface area contributed by atoms with E-state index in [0.29, 0.717) is 19.4 Å². The molecule has 0 spiro atoms. The summed E-state index contributed by atoms with van der Waals surface area (Å²) < 4.78 is 0. The SMILES string of the molecule is NCCCC(C(=O)O)N1CCN(CC(=O)O)CCN(CC(=O)O)CCN(CC(=O)O)CC1.[Gd+3]. The van der Waals surface area contributed by atoms with Gasteiger partial charge >= 0.3 is 63.8 Å². The molecular formula is C19H35GdN5O8+3. The number of hydrogen-bond acceptors (Lipinski definition) is 9. The van der Waals surface area contributed by atoms with Gasteiger partial charge in [-0.1, -0.05) is 0 Å². The Balaban J connectivity index is 0.0000102. The van der Waals surface area contributed by atoms with E-state index in [0.717, 1.165) is 0 Å². The largest absolute Gasteiger partial charge is 3.00 e. The van der Waals surface area contributed by atoms with Gasteiger partial charge in [0.1, 0.15) is 6.04 Å². The minimum Gasteiger partial charge on any atom is -0.480 e. The van der Waals surface area contributed by atoms with Crippen LogP contribution in [0.25, 0.3) is 0 Å². The molecule has 1 aliphatic rings. The van der Waals surface area contributed by atoms with Crippen LogP contribution in [-0.4, -0.2) is 148 Å². The summed E-state index contributed by atoms with van der Waals surface area (Å²) in [6.45, 7) is 1.84. The summed E-state index contributed by atoms with van der Waals surface area (Å²) in [4.78, 5) is 52.3. The zero-order chi connectivity index (χ0) is 24.1. The van der Waals surface area contributed by atoms with Crippen LogP contribution in [0, 0.1) is 39.9 Å². The van der Waals surface area contributed by atoms with Crippen molar-refractivity contribution in [3.8, 4) is 0 Å². The third-order valence-corrected chi connectivity index (χ3v) is 5.36. The standard InChI is InChI=1S/C19H35N5O8.Gd/c20-3-1-2-15(19(31)32)24-10-8-22(13-17(27)28)6-4-21(12-16(25)26)5-7-23(9-11-24)14-18(29)30;/h15H,1-14,20H2,(H,25,26)(H,27,28)(H,29,30)(H,31,32);/q;+3. The Morgan fingerprint density at radius 2 is 1.00 bits per heavy atom. The maximum Gasteiger partial charge on any atom is 3.00 e. The number of nitrogens with zero attached hydrogens (tertiary/aromatic N) is 4. The van der Waals surface area contributed by atoms with E-state index in [9.17, 15) is 34.5 Å². The number of nitrogens with two attached hydrogens (primary N) is 1. The van der Waals surface area contributed by atoms with E-state index in [4.69, 9.17) is 10.8 Å². The van der Waals surface area contributed by atoms with Crippen molar-refractivity contribution in [2.24, 2.45) is 5.73 Å². The van der Waals surface area contributed by atoms with Crippen LogP contribution < -0.4 is 5.73 Å². The summed E-state index contributed by atoms with van der Waals surface area (Å²) in [5.41, 5.74) is 5.54. The molecule has 1 aliphatic heterocycles. The number of carbonyl (C=O) groups is 4. The average molecular weight is 619 g/mol. The average Bonchev–Trinajstić information content (AvgIpc) is 2.68. The van der Waals surface area contributed by atoms with Crippen LogP contribution in [0.2, 0.25) is 0 Å². The van der Waals surface area contributed by atoms with Crippen LogP contribution in [0.3, 0.4) is 0 Å². The first-order valence-electron chi connectivity index (χ1n) is 10.6. The second-order valence-corrected chi connectivity index (χ2v) is 7.83. The molecule has 1 fully saturated rings. The number of hydrogen-bond donors (Lipinski definition) is 5. The van der Waals surface area contributed by atoms with Gasteiger partial charge in [0.25, 0.3) is 0 Å². The van der Waals surface area contributed by atoms with E-state index in [1.54, 1.807) is 19.6 Å². The topological polar surface area (TPSA) is 188 Å². The van der Waals surface area contributed by atoms with Gasteiger partial charge in [0, 0.05) is 52.4 Å². The van der Waals surface area contributed by atoms with Gasteiger partial charge in [0.05, 0.1) is 19.6 Å². The van der Waals surface area contributed by atoms with Crippen LogP contribution in [-0.2, 0) is 19.2 Å². The molecule has 1 atom stereocenters. The Kier molecular flexibility index (Phi) is 16.9. The van der Waals surface area contributed by atoms with E-state index < -0.39 is 29.9 Å². The van der Waals surface area contributed by atoms with Gasteiger partial charge in [-0.15, -0.1) is 0 Å². The van der Waals surface area contributed by atoms with Crippen molar-refractivity contribution in [2.45, 2.75) is 18.9 Å². The molecule has 1 heterocycles. The number of carboxylic acids is 4. The molecule has 33 heavy (non-hydrogen) atoms. The zero-order valence-corrected chi connectivity index (χ0v) is 20.9. The van der Waals surface area contributed by atoms with Crippen LogP contribution in [0.4, 0.5) is 0 Å². The van der Waals surface area contributed by atoms with Crippen LogP contribution in [0.15, 0.2) is 0 Å². The number of aliphatic carboxylic acids is 4. The first-order chi connectivity index (χ1) is 15.1. The van der Waals surface area contributed by atoms with Gasteiger partial charge in [-0.25, -0.2) is 0 Å². The van der Waals surface area contributed by atoms with Crippen LogP contribution in [0.5, 0.6) is 0 Å². The Morgan fingerprint density at radius 1 is 0.667 bits per heavy atom. The first-order valence-corrected chi connectivity index (χ1v) is 10.6. The molecule has 14 heteroatoms. The van der Waals surface area contributed by atoms with Gasteiger partial charge in [-0.05, 0) is 19.4 Å². The van der Waals surface area contributed by atoms with Crippen molar-refractivity contribution in [2.75, 3.05) is 78.5 Å². The fourth-order valence-electron chi connectivity index (χ4n) is 3.69. The Labute approximate surface area is 225 Å². The van der Waals surface area contributed by atoms with Crippen molar-refractivity contribution < 1.29 is 79.5 Å². The summed E-state index contributed by atoms with van der Waals surface area (Å²) in [5, 5.41) is 37.4. The molecule has 189 valence electrons. The Hall–Kier alpha value is -0.995. The summed E-state index contributed by atoms with van der Waals surface area (Å²) in [5.74, 6) is -4.09. The summed E-state index contributed by atoms with van der Waals surface area (Å²) in [6.07, 6.45) is 0.839. The molecule has 6 N–H and O–H groups in total. The maximum atomic E-state index is 11.9. The molecular weight excluding hydrogens is 583 g/mol.